The predicted octanol–water partition coefficient (Wildman–Crippen LogP) is 4.18. The number of hydrogen-bond donors (Lipinski definition) is 0. The first kappa shape index (κ1) is 23.8. The lowest BCUT2D eigenvalue weighted by Crippen LogP contribution is -2.43. The first-order chi connectivity index (χ1) is 15.5. The zero-order valence-electron chi connectivity index (χ0n) is 19.6. The van der Waals surface area contributed by atoms with Crippen molar-refractivity contribution in [2.24, 2.45) is 4.99 Å². The quantitative estimate of drug-likeness (QED) is 0.461. The van der Waals surface area contributed by atoms with Crippen LogP contribution in [-0.4, -0.2) is 66.3 Å². The number of aromatic nitrogens is 1. The van der Waals surface area contributed by atoms with Crippen molar-refractivity contribution in [2.75, 3.05) is 33.8 Å². The molecule has 3 rings (SSSR count). The Morgan fingerprint density at radius 3 is 2.62 bits per heavy atom. The molecule has 0 amide bonds. The van der Waals surface area contributed by atoms with Crippen LogP contribution in [0.15, 0.2) is 65.4 Å². The van der Waals surface area contributed by atoms with Crippen LogP contribution in [0.5, 0.6) is 0 Å². The van der Waals surface area contributed by atoms with Crippen LogP contribution in [0, 0.1) is 0 Å². The van der Waals surface area contributed by atoms with E-state index in [0.29, 0.717) is 17.3 Å². The Labute approximate surface area is 191 Å². The molecule has 1 aromatic heterocycles. The number of esters is 1. The van der Waals surface area contributed by atoms with Gasteiger partial charge in [0.25, 0.3) is 0 Å². The highest BCUT2D eigenvalue weighted by atomic mass is 16.5. The molecule has 1 saturated heterocycles. The van der Waals surface area contributed by atoms with E-state index in [0.717, 1.165) is 31.9 Å². The lowest BCUT2D eigenvalue weighted by Gasteiger charge is -2.37. The molecule has 0 atom stereocenters. The highest BCUT2D eigenvalue weighted by Crippen LogP contribution is 2.18. The Kier molecular flexibility index (Phi) is 8.71. The molecule has 0 saturated carbocycles. The van der Waals surface area contributed by atoms with E-state index in [2.05, 4.69) is 64.1 Å². The maximum Gasteiger partial charge on any atom is 0.337 e. The Hall–Kier alpha value is -2.83. The van der Waals surface area contributed by atoms with Gasteiger partial charge in [-0.1, -0.05) is 30.3 Å². The summed E-state index contributed by atoms with van der Waals surface area (Å²) in [4.78, 5) is 25.6. The zero-order chi connectivity index (χ0) is 22.9. The van der Waals surface area contributed by atoms with E-state index < -0.39 is 0 Å². The summed E-state index contributed by atoms with van der Waals surface area (Å²) in [6, 6.07) is 14.7. The average Bonchev–Trinajstić information content (AvgIpc) is 2.83. The topological polar surface area (TPSA) is 58.0 Å². The van der Waals surface area contributed by atoms with Crippen LogP contribution < -0.4 is 0 Å². The van der Waals surface area contributed by atoms with Crippen molar-refractivity contribution in [2.45, 2.75) is 39.3 Å². The second kappa shape index (κ2) is 11.7. The summed E-state index contributed by atoms with van der Waals surface area (Å²) in [6.45, 7) is 8.19. The maximum atomic E-state index is 11.7. The van der Waals surface area contributed by atoms with Gasteiger partial charge in [-0.05, 0) is 70.1 Å². The Morgan fingerprint density at radius 1 is 1.22 bits per heavy atom. The molecule has 1 fully saturated rings. The summed E-state index contributed by atoms with van der Waals surface area (Å²) in [5.41, 5.74) is 4.51. The molecule has 170 valence electrons. The van der Waals surface area contributed by atoms with Crippen LogP contribution in [-0.2, 0) is 11.3 Å². The number of ether oxygens (including phenoxy) is 1. The molecule has 1 aromatic carbocycles. The molecule has 6 heteroatoms. The first-order valence-corrected chi connectivity index (χ1v) is 11.2. The second-order valence-electron chi connectivity index (χ2n) is 8.52. The number of likely N-dealkylation sites (N-methyl/N-ethyl adjacent to an activating group) is 1. The highest BCUT2D eigenvalue weighted by Gasteiger charge is 2.22. The Bertz CT molecular complexity index is 947. The molecule has 1 aliphatic rings. The largest absolute Gasteiger partial charge is 0.465 e. The van der Waals surface area contributed by atoms with Gasteiger partial charge in [-0.3, -0.25) is 19.8 Å². The molecule has 1 aliphatic heterocycles. The van der Waals surface area contributed by atoms with Crippen LogP contribution in [0.4, 0.5) is 0 Å². The van der Waals surface area contributed by atoms with E-state index in [9.17, 15) is 4.79 Å². The molecule has 0 spiro atoms. The molecule has 2 aromatic rings. The SMILES string of the molecule is COC(=O)c1ccnc(/C(C)=N/C=C(\C)CN(C)C2CCN(Cc3ccccc3)CC2)c1. The van der Waals surface area contributed by atoms with Crippen LogP contribution in [0.1, 0.15) is 48.3 Å². The summed E-state index contributed by atoms with van der Waals surface area (Å²) < 4.78 is 4.78. The molecule has 6 nitrogen and oxygen atoms in total. The molecule has 0 aliphatic carbocycles. The van der Waals surface area contributed by atoms with Crippen LogP contribution in [0.2, 0.25) is 0 Å². The fourth-order valence-electron chi connectivity index (χ4n) is 4.07. The van der Waals surface area contributed by atoms with Gasteiger partial charge >= 0.3 is 5.97 Å². The molecule has 0 bridgehead atoms. The number of carbonyl (C=O) groups excluding carboxylic acids is 1. The number of methoxy groups -OCH3 is 1. The summed E-state index contributed by atoms with van der Waals surface area (Å²) >= 11 is 0. The third kappa shape index (κ3) is 6.84. The van der Waals surface area contributed by atoms with E-state index in [-0.39, 0.29) is 5.97 Å². The van der Waals surface area contributed by atoms with Crippen molar-refractivity contribution in [1.29, 1.82) is 0 Å². The highest BCUT2D eigenvalue weighted by molar-refractivity contribution is 5.99. The third-order valence-corrected chi connectivity index (χ3v) is 5.96. The average molecular weight is 435 g/mol. The number of aliphatic imine (C=N–C) groups is 1. The molecule has 0 unspecified atom stereocenters. The van der Waals surface area contributed by atoms with E-state index in [1.54, 1.807) is 18.3 Å². The normalized spacial score (nSPS) is 16.4. The van der Waals surface area contributed by atoms with Crippen LogP contribution in [0.3, 0.4) is 0 Å². The minimum atomic E-state index is -0.371. The summed E-state index contributed by atoms with van der Waals surface area (Å²) in [7, 11) is 3.58. The van der Waals surface area contributed by atoms with Gasteiger partial charge < -0.3 is 4.74 Å². The van der Waals surface area contributed by atoms with Gasteiger partial charge in [-0.25, -0.2) is 4.79 Å². The molecule has 0 N–H and O–H groups in total. The lowest BCUT2D eigenvalue weighted by atomic mass is 10.0. The third-order valence-electron chi connectivity index (χ3n) is 5.96. The Balaban J connectivity index is 1.51. The first-order valence-electron chi connectivity index (χ1n) is 11.2. The maximum absolute atomic E-state index is 11.7. The number of piperidine rings is 1. The van der Waals surface area contributed by atoms with Crippen molar-refractivity contribution in [1.82, 2.24) is 14.8 Å². The van der Waals surface area contributed by atoms with Crippen LogP contribution >= 0.6 is 0 Å². The number of benzene rings is 1. The van der Waals surface area contributed by atoms with Gasteiger partial charge in [-0.2, -0.15) is 0 Å². The van der Waals surface area contributed by atoms with Crippen molar-refractivity contribution in [3.63, 3.8) is 0 Å². The summed E-state index contributed by atoms with van der Waals surface area (Å²) in [5.74, 6) is -0.371. The van der Waals surface area contributed by atoms with E-state index in [4.69, 9.17) is 4.74 Å². The minimum Gasteiger partial charge on any atom is -0.465 e. The number of carbonyl (C=O) groups is 1. The smallest absolute Gasteiger partial charge is 0.337 e. The number of pyridine rings is 1. The lowest BCUT2D eigenvalue weighted by molar-refractivity contribution is 0.0600. The van der Waals surface area contributed by atoms with E-state index in [1.165, 1.54) is 31.1 Å². The zero-order valence-corrected chi connectivity index (χ0v) is 19.6. The van der Waals surface area contributed by atoms with Gasteiger partial charge in [0.1, 0.15) is 0 Å². The van der Waals surface area contributed by atoms with Crippen molar-refractivity contribution >= 4 is 11.7 Å². The van der Waals surface area contributed by atoms with Gasteiger partial charge in [0.2, 0.25) is 0 Å². The standard InChI is InChI=1S/C26H34N4O2/c1-20(17-28-21(2)25-16-23(10-13-27-25)26(31)32-4)18-29(3)24-11-14-30(15-12-24)19-22-8-6-5-7-9-22/h5-10,13,16-17,24H,11-12,14-15,18-19H2,1-4H3/b20-17+,28-21+. The van der Waals surface area contributed by atoms with Crippen LogP contribution in [0.25, 0.3) is 0 Å². The van der Waals surface area contributed by atoms with E-state index >= 15 is 0 Å². The molecule has 32 heavy (non-hydrogen) atoms. The molecule has 2 heterocycles. The van der Waals surface area contributed by atoms with E-state index in [1.807, 2.05) is 13.1 Å². The minimum absolute atomic E-state index is 0.371. The molecule has 0 radical (unpaired) electrons. The number of hydrogen-bond acceptors (Lipinski definition) is 6. The van der Waals surface area contributed by atoms with Gasteiger partial charge in [0, 0.05) is 31.5 Å². The second-order valence-corrected chi connectivity index (χ2v) is 8.52. The fraction of sp³-hybridized carbons (Fsp3) is 0.423. The van der Waals surface area contributed by atoms with Gasteiger partial charge in [0.05, 0.1) is 24.1 Å². The Morgan fingerprint density at radius 2 is 1.94 bits per heavy atom. The molecular formula is C26H34N4O2. The molecular weight excluding hydrogens is 400 g/mol. The van der Waals surface area contributed by atoms with Crippen molar-refractivity contribution in [3.05, 3.63) is 77.3 Å². The number of likely N-dealkylation sites (tertiary alicyclic amines) is 1. The van der Waals surface area contributed by atoms with Crippen molar-refractivity contribution < 1.29 is 9.53 Å². The number of rotatable bonds is 8. The van der Waals surface area contributed by atoms with Gasteiger partial charge in [-0.15, -0.1) is 0 Å². The fourth-order valence-corrected chi connectivity index (χ4v) is 4.07. The predicted molar refractivity (Wildman–Crippen MR) is 129 cm³/mol. The summed E-state index contributed by atoms with van der Waals surface area (Å²) in [5, 5.41) is 0. The van der Waals surface area contributed by atoms with Gasteiger partial charge in [0.15, 0.2) is 0 Å². The summed E-state index contributed by atoms with van der Waals surface area (Å²) in [6.07, 6.45) is 5.88. The monoisotopic (exact) mass is 434 g/mol. The number of nitrogens with zero attached hydrogens (tertiary/aromatic N) is 4. The van der Waals surface area contributed by atoms with Crippen molar-refractivity contribution in [3.8, 4) is 0 Å².